The summed E-state index contributed by atoms with van der Waals surface area (Å²) in [5.41, 5.74) is 1.29. The van der Waals surface area contributed by atoms with Crippen molar-refractivity contribution in [1.82, 2.24) is 9.97 Å². The number of aromatic amines is 1. The van der Waals surface area contributed by atoms with Crippen LogP contribution in [-0.2, 0) is 0 Å². The van der Waals surface area contributed by atoms with Gasteiger partial charge < -0.3 is 4.90 Å². The van der Waals surface area contributed by atoms with E-state index in [1.807, 2.05) is 24.3 Å². The van der Waals surface area contributed by atoms with Gasteiger partial charge in [-0.3, -0.25) is 9.78 Å². The normalized spacial score (nSPS) is 20.9. The van der Waals surface area contributed by atoms with Gasteiger partial charge in [-0.05, 0) is 43.2 Å². The summed E-state index contributed by atoms with van der Waals surface area (Å²) in [6, 6.07) is 7.53. The third-order valence-electron chi connectivity index (χ3n) is 4.52. The van der Waals surface area contributed by atoms with Crippen LogP contribution in [0.25, 0.3) is 10.9 Å². The van der Waals surface area contributed by atoms with Crippen LogP contribution in [-0.4, -0.2) is 23.1 Å². The molecule has 0 amide bonds. The van der Waals surface area contributed by atoms with Gasteiger partial charge in [-0.2, -0.15) is 0 Å². The van der Waals surface area contributed by atoms with Gasteiger partial charge in [0.25, 0.3) is 5.56 Å². The molecule has 4 nitrogen and oxygen atoms in total. The minimum absolute atomic E-state index is 0.0315. The van der Waals surface area contributed by atoms with E-state index in [4.69, 9.17) is 0 Å². The van der Waals surface area contributed by atoms with E-state index in [0.29, 0.717) is 10.8 Å². The summed E-state index contributed by atoms with van der Waals surface area (Å²) in [6.45, 7) is 2.05. The number of anilines is 1. The van der Waals surface area contributed by atoms with Crippen molar-refractivity contribution < 1.29 is 0 Å². The summed E-state index contributed by atoms with van der Waals surface area (Å²) in [4.78, 5) is 21.9. The Morgan fingerprint density at radius 1 is 1.21 bits per heavy atom. The molecule has 2 fully saturated rings. The number of benzene rings is 1. The number of nitrogens with zero attached hydrogens (tertiary/aromatic N) is 2. The molecule has 1 saturated heterocycles. The molecule has 1 aliphatic carbocycles. The monoisotopic (exact) mass is 255 g/mol. The Hall–Kier alpha value is -1.84. The van der Waals surface area contributed by atoms with Crippen molar-refractivity contribution in [1.29, 1.82) is 0 Å². The Bertz CT molecular complexity index is 687. The number of fused-ring (bicyclic) bond motifs is 1. The second-order valence-electron chi connectivity index (χ2n) is 5.93. The molecule has 2 aromatic rings. The second-order valence-corrected chi connectivity index (χ2v) is 5.93. The lowest BCUT2D eigenvalue weighted by molar-refractivity contribution is 0.391. The number of nitrogens with one attached hydrogen (secondary N) is 1. The SMILES string of the molecule is O=c1[nH]c(N2CCCC3(CC3)C2)nc2ccccc12. The van der Waals surface area contributed by atoms with E-state index >= 15 is 0 Å². The van der Waals surface area contributed by atoms with Crippen LogP contribution < -0.4 is 10.5 Å². The van der Waals surface area contributed by atoms with E-state index in [1.165, 1.54) is 25.7 Å². The second kappa shape index (κ2) is 3.83. The molecule has 0 atom stereocenters. The molecule has 1 saturated carbocycles. The fraction of sp³-hybridized carbons (Fsp3) is 0.467. The zero-order chi connectivity index (χ0) is 12.9. The van der Waals surface area contributed by atoms with E-state index in [9.17, 15) is 4.79 Å². The largest absolute Gasteiger partial charge is 0.342 e. The van der Waals surface area contributed by atoms with E-state index in [0.717, 1.165) is 24.6 Å². The lowest BCUT2D eigenvalue weighted by Crippen LogP contribution is -2.38. The number of hydrogen-bond acceptors (Lipinski definition) is 3. The number of rotatable bonds is 1. The van der Waals surface area contributed by atoms with Gasteiger partial charge in [-0.25, -0.2) is 4.98 Å². The van der Waals surface area contributed by atoms with E-state index in [2.05, 4.69) is 14.9 Å². The van der Waals surface area contributed by atoms with E-state index in [1.54, 1.807) is 0 Å². The zero-order valence-electron chi connectivity index (χ0n) is 10.9. The molecular weight excluding hydrogens is 238 g/mol. The van der Waals surface area contributed by atoms with Crippen LogP contribution >= 0.6 is 0 Å². The quantitative estimate of drug-likeness (QED) is 0.850. The van der Waals surface area contributed by atoms with Gasteiger partial charge in [0.2, 0.25) is 5.95 Å². The van der Waals surface area contributed by atoms with Crippen LogP contribution in [0.1, 0.15) is 25.7 Å². The highest BCUT2D eigenvalue weighted by Gasteiger charge is 2.45. The fourth-order valence-corrected chi connectivity index (χ4v) is 3.20. The molecule has 1 aliphatic heterocycles. The van der Waals surface area contributed by atoms with Crippen molar-refractivity contribution in [2.75, 3.05) is 18.0 Å². The van der Waals surface area contributed by atoms with Gasteiger partial charge in [0.1, 0.15) is 0 Å². The molecule has 2 aliphatic rings. The van der Waals surface area contributed by atoms with Crippen molar-refractivity contribution in [3.05, 3.63) is 34.6 Å². The molecule has 1 N–H and O–H groups in total. The topological polar surface area (TPSA) is 49.0 Å². The predicted molar refractivity (Wildman–Crippen MR) is 75.5 cm³/mol. The summed E-state index contributed by atoms with van der Waals surface area (Å²) >= 11 is 0. The smallest absolute Gasteiger partial charge is 0.260 e. The molecule has 4 rings (SSSR count). The molecule has 0 unspecified atom stereocenters. The number of H-pyrrole nitrogens is 1. The Morgan fingerprint density at radius 3 is 2.89 bits per heavy atom. The average molecular weight is 255 g/mol. The van der Waals surface area contributed by atoms with Crippen molar-refractivity contribution in [3.8, 4) is 0 Å². The van der Waals surface area contributed by atoms with Crippen molar-refractivity contribution in [2.24, 2.45) is 5.41 Å². The maximum atomic E-state index is 12.1. The highest BCUT2D eigenvalue weighted by Crippen LogP contribution is 2.52. The van der Waals surface area contributed by atoms with Gasteiger partial charge in [0.15, 0.2) is 0 Å². The molecule has 1 spiro atoms. The van der Waals surface area contributed by atoms with Crippen molar-refractivity contribution in [2.45, 2.75) is 25.7 Å². The summed E-state index contributed by atoms with van der Waals surface area (Å²) in [5, 5.41) is 0.671. The number of aromatic nitrogens is 2. The molecular formula is C15H17N3O. The number of hydrogen-bond donors (Lipinski definition) is 1. The van der Waals surface area contributed by atoms with Gasteiger partial charge >= 0.3 is 0 Å². The highest BCUT2D eigenvalue weighted by atomic mass is 16.1. The summed E-state index contributed by atoms with van der Waals surface area (Å²) < 4.78 is 0. The molecule has 19 heavy (non-hydrogen) atoms. The Kier molecular flexibility index (Phi) is 2.22. The minimum Gasteiger partial charge on any atom is -0.342 e. The zero-order valence-corrected chi connectivity index (χ0v) is 10.9. The summed E-state index contributed by atoms with van der Waals surface area (Å²) in [5.74, 6) is 0.745. The van der Waals surface area contributed by atoms with Gasteiger partial charge in [-0.15, -0.1) is 0 Å². The predicted octanol–water partition coefficient (Wildman–Crippen LogP) is 2.30. The molecule has 1 aromatic carbocycles. The number of para-hydroxylation sites is 1. The number of piperidine rings is 1. The lowest BCUT2D eigenvalue weighted by atomic mass is 9.95. The highest BCUT2D eigenvalue weighted by molar-refractivity contribution is 5.78. The van der Waals surface area contributed by atoms with Crippen LogP contribution in [0.3, 0.4) is 0 Å². The summed E-state index contributed by atoms with van der Waals surface area (Å²) in [6.07, 6.45) is 5.21. The van der Waals surface area contributed by atoms with Crippen molar-refractivity contribution in [3.63, 3.8) is 0 Å². The molecule has 0 radical (unpaired) electrons. The van der Waals surface area contributed by atoms with Gasteiger partial charge in [0.05, 0.1) is 10.9 Å². The minimum atomic E-state index is -0.0315. The van der Waals surface area contributed by atoms with Gasteiger partial charge in [-0.1, -0.05) is 12.1 Å². The Morgan fingerprint density at radius 2 is 2.05 bits per heavy atom. The van der Waals surface area contributed by atoms with E-state index < -0.39 is 0 Å². The summed E-state index contributed by atoms with van der Waals surface area (Å²) in [7, 11) is 0. The standard InChI is InChI=1S/C15H17N3O/c19-13-11-4-1-2-5-12(11)16-14(17-13)18-9-3-6-15(10-18)7-8-15/h1-2,4-5H,3,6-10H2,(H,16,17,19). The molecule has 1 aromatic heterocycles. The molecule has 0 bridgehead atoms. The van der Waals surface area contributed by atoms with Crippen LogP contribution in [0.4, 0.5) is 5.95 Å². The maximum Gasteiger partial charge on any atom is 0.260 e. The first-order chi connectivity index (χ1) is 9.26. The van der Waals surface area contributed by atoms with Crippen LogP contribution in [0.15, 0.2) is 29.1 Å². The lowest BCUT2D eigenvalue weighted by Gasteiger charge is -2.33. The third-order valence-corrected chi connectivity index (χ3v) is 4.52. The van der Waals surface area contributed by atoms with Crippen molar-refractivity contribution >= 4 is 16.9 Å². The first kappa shape index (κ1) is 11.0. The molecule has 4 heteroatoms. The van der Waals surface area contributed by atoms with Crippen LogP contribution in [0, 0.1) is 5.41 Å². The van der Waals surface area contributed by atoms with Crippen LogP contribution in [0.2, 0.25) is 0 Å². The van der Waals surface area contributed by atoms with E-state index in [-0.39, 0.29) is 5.56 Å². The average Bonchev–Trinajstić information content (AvgIpc) is 3.18. The maximum absolute atomic E-state index is 12.1. The fourth-order valence-electron chi connectivity index (χ4n) is 3.20. The molecule has 98 valence electrons. The Balaban J connectivity index is 1.76. The Labute approximate surface area is 111 Å². The van der Waals surface area contributed by atoms with Gasteiger partial charge in [0, 0.05) is 13.1 Å². The first-order valence-electron chi connectivity index (χ1n) is 7.00. The molecule has 2 heterocycles. The first-order valence-corrected chi connectivity index (χ1v) is 7.00. The van der Waals surface area contributed by atoms with Crippen LogP contribution in [0.5, 0.6) is 0 Å². The third kappa shape index (κ3) is 1.82.